The van der Waals surface area contributed by atoms with Crippen molar-refractivity contribution in [1.29, 1.82) is 0 Å². The van der Waals surface area contributed by atoms with E-state index in [1.54, 1.807) is 0 Å². The fourth-order valence-corrected chi connectivity index (χ4v) is 2.77. The SMILES string of the molecule is COc1cc(/C=C/C(=O)OCC(=O)Nc2ccc(S(N)(=O)=O)cc2)ccc1OC(F)F. The Balaban J connectivity index is 1.88. The van der Waals surface area contributed by atoms with Crippen molar-refractivity contribution in [2.24, 2.45) is 5.14 Å². The highest BCUT2D eigenvalue weighted by Gasteiger charge is 2.11. The molecule has 31 heavy (non-hydrogen) atoms. The van der Waals surface area contributed by atoms with Gasteiger partial charge in [0.1, 0.15) is 0 Å². The molecule has 0 saturated heterocycles. The average Bonchev–Trinajstić information content (AvgIpc) is 2.70. The highest BCUT2D eigenvalue weighted by Crippen LogP contribution is 2.29. The first kappa shape index (κ1) is 23.8. The summed E-state index contributed by atoms with van der Waals surface area (Å²) in [6.45, 7) is -3.60. The molecule has 2 rings (SSSR count). The predicted molar refractivity (Wildman–Crippen MR) is 106 cm³/mol. The quantitative estimate of drug-likeness (QED) is 0.436. The number of carbonyl (C=O) groups is 2. The molecule has 166 valence electrons. The van der Waals surface area contributed by atoms with Crippen LogP contribution in [0.3, 0.4) is 0 Å². The number of sulfonamides is 1. The van der Waals surface area contributed by atoms with E-state index in [4.69, 9.17) is 14.6 Å². The molecule has 0 aliphatic heterocycles. The van der Waals surface area contributed by atoms with Gasteiger partial charge in [0.25, 0.3) is 5.91 Å². The van der Waals surface area contributed by atoms with E-state index in [1.807, 2.05) is 0 Å². The molecule has 0 atom stereocenters. The highest BCUT2D eigenvalue weighted by molar-refractivity contribution is 7.89. The normalized spacial score (nSPS) is 11.4. The lowest BCUT2D eigenvalue weighted by molar-refractivity contribution is -0.142. The van der Waals surface area contributed by atoms with Gasteiger partial charge in [-0.05, 0) is 48.0 Å². The maximum atomic E-state index is 12.3. The monoisotopic (exact) mass is 456 g/mol. The van der Waals surface area contributed by atoms with Gasteiger partial charge in [-0.2, -0.15) is 8.78 Å². The number of rotatable bonds is 9. The van der Waals surface area contributed by atoms with Gasteiger partial charge in [0.2, 0.25) is 10.0 Å². The number of halogens is 2. The third kappa shape index (κ3) is 7.68. The van der Waals surface area contributed by atoms with Gasteiger partial charge in [-0.15, -0.1) is 0 Å². The highest BCUT2D eigenvalue weighted by atomic mass is 32.2. The number of primary sulfonamides is 1. The van der Waals surface area contributed by atoms with E-state index in [9.17, 15) is 26.8 Å². The number of ether oxygens (including phenoxy) is 3. The summed E-state index contributed by atoms with van der Waals surface area (Å²) in [7, 11) is -2.57. The second kappa shape index (κ2) is 10.5. The van der Waals surface area contributed by atoms with Crippen molar-refractivity contribution >= 4 is 33.7 Å². The second-order valence-corrected chi connectivity index (χ2v) is 7.41. The standard InChI is InChI=1S/C19H18F2N2O7S/c1-28-16-10-12(2-8-15(16)30-19(20)21)3-9-18(25)29-11-17(24)23-13-4-6-14(7-5-13)31(22,26)27/h2-10,19H,11H2,1H3,(H,23,24)(H2,22,26,27)/b9-3+. The lowest BCUT2D eigenvalue weighted by Gasteiger charge is -2.10. The number of methoxy groups -OCH3 is 1. The number of nitrogens with one attached hydrogen (secondary N) is 1. The number of esters is 1. The van der Waals surface area contributed by atoms with Gasteiger partial charge in [0, 0.05) is 11.8 Å². The van der Waals surface area contributed by atoms with Gasteiger partial charge in [0.15, 0.2) is 18.1 Å². The van der Waals surface area contributed by atoms with Crippen LogP contribution in [-0.2, 0) is 24.3 Å². The summed E-state index contributed by atoms with van der Waals surface area (Å²) in [5, 5.41) is 7.40. The van der Waals surface area contributed by atoms with Gasteiger partial charge in [-0.1, -0.05) is 6.07 Å². The van der Waals surface area contributed by atoms with E-state index in [-0.39, 0.29) is 22.1 Å². The number of hydrogen-bond donors (Lipinski definition) is 2. The molecule has 3 N–H and O–H groups in total. The van der Waals surface area contributed by atoms with Crippen molar-refractivity contribution in [2.45, 2.75) is 11.5 Å². The third-order valence-corrected chi connectivity index (χ3v) is 4.56. The number of anilines is 1. The number of amides is 1. The zero-order valence-corrected chi connectivity index (χ0v) is 16.9. The number of nitrogens with two attached hydrogens (primary N) is 1. The average molecular weight is 456 g/mol. The summed E-state index contributed by atoms with van der Waals surface area (Å²) in [6.07, 6.45) is 2.37. The van der Waals surface area contributed by atoms with Gasteiger partial charge in [-0.3, -0.25) is 4.79 Å². The maximum Gasteiger partial charge on any atom is 0.387 e. The molecule has 0 aromatic heterocycles. The fraction of sp³-hybridized carbons (Fsp3) is 0.158. The number of hydrogen-bond acceptors (Lipinski definition) is 7. The molecule has 0 bridgehead atoms. The van der Waals surface area contributed by atoms with E-state index < -0.39 is 35.1 Å². The van der Waals surface area contributed by atoms with Gasteiger partial charge in [0.05, 0.1) is 12.0 Å². The number of benzene rings is 2. The molecule has 0 radical (unpaired) electrons. The smallest absolute Gasteiger partial charge is 0.387 e. The van der Waals surface area contributed by atoms with Gasteiger partial charge in [-0.25, -0.2) is 18.4 Å². The molecule has 9 nitrogen and oxygen atoms in total. The summed E-state index contributed by atoms with van der Waals surface area (Å²) in [5.41, 5.74) is 0.719. The van der Waals surface area contributed by atoms with Crippen LogP contribution in [0.5, 0.6) is 11.5 Å². The third-order valence-electron chi connectivity index (χ3n) is 3.63. The molecule has 0 saturated carbocycles. The predicted octanol–water partition coefficient (Wildman–Crippen LogP) is 2.14. The van der Waals surface area contributed by atoms with Crippen LogP contribution in [0.25, 0.3) is 6.08 Å². The first-order chi connectivity index (χ1) is 14.6. The van der Waals surface area contributed by atoms with E-state index in [0.717, 1.165) is 6.08 Å². The first-order valence-electron chi connectivity index (χ1n) is 8.49. The zero-order valence-electron chi connectivity index (χ0n) is 16.1. The van der Waals surface area contributed by atoms with Crippen molar-refractivity contribution in [3.63, 3.8) is 0 Å². The molecule has 0 unspecified atom stereocenters. The minimum Gasteiger partial charge on any atom is -0.493 e. The minimum atomic E-state index is -3.85. The summed E-state index contributed by atoms with van der Waals surface area (Å²) in [6, 6.07) is 9.13. The van der Waals surface area contributed by atoms with Crippen LogP contribution in [0.4, 0.5) is 14.5 Å². The van der Waals surface area contributed by atoms with Crippen LogP contribution in [-0.4, -0.2) is 40.6 Å². The van der Waals surface area contributed by atoms with Crippen LogP contribution in [0.2, 0.25) is 0 Å². The summed E-state index contributed by atoms with van der Waals surface area (Å²) in [4.78, 5) is 23.5. The summed E-state index contributed by atoms with van der Waals surface area (Å²) < 4.78 is 61.1. The maximum absolute atomic E-state index is 12.3. The van der Waals surface area contributed by atoms with Crippen molar-refractivity contribution in [3.05, 3.63) is 54.1 Å². The fourth-order valence-electron chi connectivity index (χ4n) is 2.26. The second-order valence-electron chi connectivity index (χ2n) is 5.85. The summed E-state index contributed by atoms with van der Waals surface area (Å²) >= 11 is 0. The summed E-state index contributed by atoms with van der Waals surface area (Å²) in [5.74, 6) is -1.60. The molecule has 2 aromatic rings. The van der Waals surface area contributed by atoms with E-state index in [0.29, 0.717) is 5.56 Å². The first-order valence-corrected chi connectivity index (χ1v) is 10.0. The van der Waals surface area contributed by atoms with Gasteiger partial charge >= 0.3 is 12.6 Å². The molecule has 12 heteroatoms. The molecule has 0 spiro atoms. The number of alkyl halides is 2. The molecule has 0 aliphatic rings. The topological polar surface area (TPSA) is 134 Å². The van der Waals surface area contributed by atoms with Crippen molar-refractivity contribution in [2.75, 3.05) is 19.0 Å². The molecule has 0 aliphatic carbocycles. The zero-order chi connectivity index (χ0) is 23.0. The van der Waals surface area contributed by atoms with Crippen molar-refractivity contribution in [3.8, 4) is 11.5 Å². The van der Waals surface area contributed by atoms with Crippen LogP contribution >= 0.6 is 0 Å². The largest absolute Gasteiger partial charge is 0.493 e. The molecular formula is C19H18F2N2O7S. The Morgan fingerprint density at radius 3 is 2.39 bits per heavy atom. The minimum absolute atomic E-state index is 0.0450. The Morgan fingerprint density at radius 2 is 1.81 bits per heavy atom. The lowest BCUT2D eigenvalue weighted by Crippen LogP contribution is -2.20. The van der Waals surface area contributed by atoms with Gasteiger partial charge < -0.3 is 19.5 Å². The lowest BCUT2D eigenvalue weighted by atomic mass is 10.2. The van der Waals surface area contributed by atoms with Crippen LogP contribution < -0.4 is 19.9 Å². The Kier molecular flexibility index (Phi) is 8.05. The molecule has 1 amide bonds. The molecule has 0 fully saturated rings. The number of carbonyl (C=O) groups excluding carboxylic acids is 2. The molecule has 2 aromatic carbocycles. The van der Waals surface area contributed by atoms with Crippen LogP contribution in [0.15, 0.2) is 53.4 Å². The Hall–Kier alpha value is -3.51. The van der Waals surface area contributed by atoms with Crippen LogP contribution in [0.1, 0.15) is 5.56 Å². The van der Waals surface area contributed by atoms with E-state index in [2.05, 4.69) is 10.1 Å². The molecule has 0 heterocycles. The van der Waals surface area contributed by atoms with E-state index >= 15 is 0 Å². The van der Waals surface area contributed by atoms with E-state index in [1.165, 1.54) is 55.7 Å². The van der Waals surface area contributed by atoms with Crippen molar-refractivity contribution < 1.29 is 41.0 Å². The van der Waals surface area contributed by atoms with Crippen LogP contribution in [0, 0.1) is 0 Å². The molecular weight excluding hydrogens is 438 g/mol. The Morgan fingerprint density at radius 1 is 1.13 bits per heavy atom. The van der Waals surface area contributed by atoms with Crippen molar-refractivity contribution in [1.82, 2.24) is 0 Å². The Bertz CT molecular complexity index is 1070. The Labute approximate surface area is 176 Å².